The summed E-state index contributed by atoms with van der Waals surface area (Å²) in [6.45, 7) is 0. The molecule has 0 unspecified atom stereocenters. The van der Waals surface area contributed by atoms with E-state index in [0.717, 1.165) is 0 Å². The molecule has 0 aliphatic rings. The Bertz CT molecular complexity index is 669. The average Bonchev–Trinajstić information content (AvgIpc) is 2.09. The first kappa shape index (κ1) is 16.3. The molecule has 6 nitrogen and oxygen atoms in total. The van der Waals surface area contributed by atoms with E-state index in [-0.39, 0.29) is 0 Å². The average molecular weight is 374 g/mol. The van der Waals surface area contributed by atoms with Crippen molar-refractivity contribution < 1.29 is 16.8 Å². The zero-order chi connectivity index (χ0) is 14.5. The van der Waals surface area contributed by atoms with Crippen molar-refractivity contribution in [2.75, 3.05) is 0 Å². The lowest BCUT2D eigenvalue weighted by atomic mass is 10.3. The van der Waals surface area contributed by atoms with Crippen molar-refractivity contribution in [1.29, 1.82) is 0 Å². The maximum absolute atomic E-state index is 11.3. The van der Waals surface area contributed by atoms with Crippen molar-refractivity contribution in [1.82, 2.24) is 0 Å². The van der Waals surface area contributed by atoms with E-state index in [1.807, 2.05) is 0 Å². The molecule has 18 heavy (non-hydrogen) atoms. The maximum Gasteiger partial charge on any atom is 0.241 e. The van der Waals surface area contributed by atoms with Gasteiger partial charge in [-0.1, -0.05) is 46.4 Å². The molecule has 0 fully saturated rings. The second-order valence-corrected chi connectivity index (χ2v) is 7.51. The van der Waals surface area contributed by atoms with Crippen LogP contribution in [0.2, 0.25) is 20.1 Å². The fraction of sp³-hybridized carbons (Fsp3) is 0. The van der Waals surface area contributed by atoms with Crippen LogP contribution in [0.1, 0.15) is 0 Å². The first-order chi connectivity index (χ1) is 7.89. The van der Waals surface area contributed by atoms with Crippen molar-refractivity contribution in [3.05, 3.63) is 20.1 Å². The molecule has 0 heterocycles. The lowest BCUT2D eigenvalue weighted by Crippen LogP contribution is -2.18. The predicted molar refractivity (Wildman–Crippen MR) is 69.2 cm³/mol. The summed E-state index contributed by atoms with van der Waals surface area (Å²) < 4.78 is 45.2. The molecule has 12 heteroatoms. The van der Waals surface area contributed by atoms with E-state index in [9.17, 15) is 16.8 Å². The zero-order valence-electron chi connectivity index (χ0n) is 8.12. The molecule has 4 N–H and O–H groups in total. The van der Waals surface area contributed by atoms with Gasteiger partial charge >= 0.3 is 0 Å². The van der Waals surface area contributed by atoms with Gasteiger partial charge in [-0.2, -0.15) is 0 Å². The minimum absolute atomic E-state index is 0.532. The van der Waals surface area contributed by atoms with Gasteiger partial charge in [-0.25, -0.2) is 27.1 Å². The third-order valence-electron chi connectivity index (χ3n) is 1.75. The SMILES string of the molecule is NS(=O)(=O)c1c(Cl)c(Cl)c(Cl)c(S(N)(=O)=O)c1Cl. The highest BCUT2D eigenvalue weighted by Gasteiger charge is 2.31. The smallest absolute Gasteiger partial charge is 0.225 e. The largest absolute Gasteiger partial charge is 0.241 e. The molecule has 0 saturated heterocycles. The molecule has 0 atom stereocenters. The molecule has 0 aliphatic carbocycles. The molecule has 0 saturated carbocycles. The molecule has 0 amide bonds. The number of primary sulfonamides is 2. The van der Waals surface area contributed by atoms with Gasteiger partial charge in [-0.15, -0.1) is 0 Å². The summed E-state index contributed by atoms with van der Waals surface area (Å²) in [6, 6.07) is 0. The van der Waals surface area contributed by atoms with E-state index in [4.69, 9.17) is 56.7 Å². The first-order valence-corrected chi connectivity index (χ1v) is 8.41. The van der Waals surface area contributed by atoms with Gasteiger partial charge in [0.1, 0.15) is 9.79 Å². The Kier molecular flexibility index (Phi) is 4.47. The molecule has 0 radical (unpaired) electrons. The minimum Gasteiger partial charge on any atom is -0.225 e. The Morgan fingerprint density at radius 3 is 1.11 bits per heavy atom. The number of sulfonamides is 2. The van der Waals surface area contributed by atoms with Crippen LogP contribution in [0.15, 0.2) is 9.79 Å². The molecule has 1 aromatic carbocycles. The molecule has 102 valence electrons. The topological polar surface area (TPSA) is 120 Å². The van der Waals surface area contributed by atoms with Gasteiger partial charge in [0, 0.05) is 0 Å². The van der Waals surface area contributed by atoms with Gasteiger partial charge in [0.25, 0.3) is 0 Å². The van der Waals surface area contributed by atoms with Gasteiger partial charge in [0.2, 0.25) is 20.0 Å². The van der Waals surface area contributed by atoms with E-state index in [0.29, 0.717) is 0 Å². The summed E-state index contributed by atoms with van der Waals surface area (Å²) in [5.41, 5.74) is 0. The Balaban J connectivity index is 4.09. The molecule has 0 bridgehead atoms. The lowest BCUT2D eigenvalue weighted by Gasteiger charge is -2.12. The highest BCUT2D eigenvalue weighted by molar-refractivity contribution is 7.90. The standard InChI is InChI=1S/C6H4Cl4N2O4S2/c7-1-2(8)5(17(11,13)14)4(10)6(3(1)9)18(12,15)16/h(H2,11,13,14)(H2,12,15,16). The van der Waals surface area contributed by atoms with E-state index in [1.54, 1.807) is 0 Å². The molecule has 1 rings (SSSR count). The quantitative estimate of drug-likeness (QED) is 0.603. The van der Waals surface area contributed by atoms with Crippen LogP contribution in [0.25, 0.3) is 0 Å². The molecular formula is C6H4Cl4N2O4S2. The second kappa shape index (κ2) is 4.95. The van der Waals surface area contributed by atoms with Crippen LogP contribution in [-0.4, -0.2) is 16.8 Å². The van der Waals surface area contributed by atoms with Gasteiger partial charge in [0.15, 0.2) is 0 Å². The Hall–Kier alpha value is 0.200. The first-order valence-electron chi connectivity index (χ1n) is 3.80. The molecule has 0 aromatic heterocycles. The molecule has 1 aromatic rings. The predicted octanol–water partition coefficient (Wildman–Crippen LogP) is 1.60. The van der Waals surface area contributed by atoms with Gasteiger partial charge < -0.3 is 0 Å². The Labute approximate surface area is 123 Å². The minimum atomic E-state index is -4.41. The van der Waals surface area contributed by atoms with Crippen molar-refractivity contribution >= 4 is 66.5 Å². The number of nitrogens with two attached hydrogens (primary N) is 2. The number of halogens is 4. The lowest BCUT2D eigenvalue weighted by molar-refractivity contribution is 0.596. The summed E-state index contributed by atoms with van der Waals surface area (Å²) in [7, 11) is -8.83. The molecule has 0 aliphatic heterocycles. The van der Waals surface area contributed by atoms with Crippen LogP contribution in [0.5, 0.6) is 0 Å². The highest BCUT2D eigenvalue weighted by Crippen LogP contribution is 2.44. The molecular weight excluding hydrogens is 370 g/mol. The summed E-state index contributed by atoms with van der Waals surface area (Å²) in [5, 5.41) is 7.21. The Morgan fingerprint density at radius 2 is 0.889 bits per heavy atom. The number of hydrogen-bond acceptors (Lipinski definition) is 4. The highest BCUT2D eigenvalue weighted by atomic mass is 35.5. The number of benzene rings is 1. The van der Waals surface area contributed by atoms with E-state index < -0.39 is 49.9 Å². The maximum atomic E-state index is 11.3. The third kappa shape index (κ3) is 2.86. The Morgan fingerprint density at radius 1 is 0.611 bits per heavy atom. The summed E-state index contributed by atoms with van der Waals surface area (Å²) in [4.78, 5) is -1.71. The van der Waals surface area contributed by atoms with Crippen molar-refractivity contribution in [3.63, 3.8) is 0 Å². The van der Waals surface area contributed by atoms with Gasteiger partial charge in [-0.3, -0.25) is 0 Å². The summed E-state index contributed by atoms with van der Waals surface area (Å²) >= 11 is 22.5. The van der Waals surface area contributed by atoms with Crippen molar-refractivity contribution in [2.45, 2.75) is 9.79 Å². The molecule has 0 spiro atoms. The summed E-state index contributed by atoms with van der Waals surface area (Å²) in [5.74, 6) is 0. The third-order valence-corrected chi connectivity index (χ3v) is 5.86. The van der Waals surface area contributed by atoms with Crippen molar-refractivity contribution in [3.8, 4) is 0 Å². The summed E-state index contributed by atoms with van der Waals surface area (Å²) in [6.07, 6.45) is 0. The monoisotopic (exact) mass is 372 g/mol. The fourth-order valence-corrected chi connectivity index (χ4v) is 4.87. The second-order valence-electron chi connectivity index (χ2n) is 3.00. The zero-order valence-corrected chi connectivity index (χ0v) is 12.8. The van der Waals surface area contributed by atoms with Gasteiger partial charge in [0.05, 0.1) is 20.1 Å². The normalized spacial score (nSPS) is 12.8. The number of hydrogen-bond donors (Lipinski definition) is 2. The van der Waals surface area contributed by atoms with Crippen LogP contribution in [0, 0.1) is 0 Å². The van der Waals surface area contributed by atoms with E-state index in [2.05, 4.69) is 0 Å². The van der Waals surface area contributed by atoms with Crippen LogP contribution >= 0.6 is 46.4 Å². The number of rotatable bonds is 2. The van der Waals surface area contributed by atoms with Crippen LogP contribution in [0.3, 0.4) is 0 Å². The van der Waals surface area contributed by atoms with Crippen molar-refractivity contribution in [2.24, 2.45) is 10.3 Å². The fourth-order valence-electron chi connectivity index (χ4n) is 1.09. The van der Waals surface area contributed by atoms with Crippen LogP contribution in [-0.2, 0) is 20.0 Å². The van der Waals surface area contributed by atoms with Gasteiger partial charge in [-0.05, 0) is 0 Å². The van der Waals surface area contributed by atoms with E-state index in [1.165, 1.54) is 0 Å². The van der Waals surface area contributed by atoms with E-state index >= 15 is 0 Å². The van der Waals surface area contributed by atoms with Crippen LogP contribution < -0.4 is 10.3 Å². The van der Waals surface area contributed by atoms with Crippen LogP contribution in [0.4, 0.5) is 0 Å².